The van der Waals surface area contributed by atoms with E-state index in [1.807, 2.05) is 0 Å². The van der Waals surface area contributed by atoms with Crippen molar-refractivity contribution in [1.29, 1.82) is 0 Å². The molecule has 0 aliphatic carbocycles. The van der Waals surface area contributed by atoms with Gasteiger partial charge in [0.15, 0.2) is 0 Å². The smallest absolute Gasteiger partial charge is 0.317 e. The zero-order chi connectivity index (χ0) is 12.0. The van der Waals surface area contributed by atoms with Crippen LogP contribution < -0.4 is 0 Å². The van der Waals surface area contributed by atoms with Crippen LogP contribution in [0.15, 0.2) is 22.7 Å². The fourth-order valence-corrected chi connectivity index (χ4v) is 1.39. The Morgan fingerprint density at radius 2 is 2.31 bits per heavy atom. The maximum Gasteiger partial charge on any atom is 0.317 e. The van der Waals surface area contributed by atoms with Crippen LogP contribution in [-0.4, -0.2) is 17.7 Å². The van der Waals surface area contributed by atoms with E-state index in [0.717, 1.165) is 4.47 Å². The van der Waals surface area contributed by atoms with Gasteiger partial charge >= 0.3 is 5.97 Å². The summed E-state index contributed by atoms with van der Waals surface area (Å²) in [5.41, 5.74) is 0.485. The average molecular weight is 283 g/mol. The molecule has 0 bridgehead atoms. The first-order valence-corrected chi connectivity index (χ1v) is 5.55. The van der Waals surface area contributed by atoms with E-state index >= 15 is 0 Å². The quantitative estimate of drug-likeness (QED) is 0.670. The van der Waals surface area contributed by atoms with Gasteiger partial charge in [-0.1, -0.05) is 27.8 Å². The lowest BCUT2D eigenvalue weighted by atomic mass is 10.2. The Balaban J connectivity index is 2.69. The molecule has 1 aromatic carbocycles. The van der Waals surface area contributed by atoms with Crippen molar-refractivity contribution in [2.45, 2.75) is 13.3 Å². The summed E-state index contributed by atoms with van der Waals surface area (Å²) in [6.07, 6.45) is 0.0276. The monoisotopic (exact) mass is 282 g/mol. The van der Waals surface area contributed by atoms with Gasteiger partial charge in [-0.15, -0.1) is 0 Å². The van der Waals surface area contributed by atoms with Gasteiger partial charge in [-0.25, -0.2) is 0 Å². The summed E-state index contributed by atoms with van der Waals surface area (Å²) in [5, 5.41) is 9.46. The second-order valence-corrected chi connectivity index (χ2v) is 3.86. The molecule has 0 radical (unpaired) electrons. The van der Waals surface area contributed by atoms with Crippen LogP contribution in [0.2, 0.25) is 0 Å². The number of benzene rings is 1. The molecule has 0 saturated carbocycles. The highest BCUT2D eigenvalue weighted by Crippen LogP contribution is 2.20. The number of carbonyl (C=O) groups is 1. The lowest BCUT2D eigenvalue weighted by Gasteiger charge is -1.97. The summed E-state index contributed by atoms with van der Waals surface area (Å²) in [7, 11) is 0. The molecular weight excluding hydrogens is 272 g/mol. The molecule has 4 heteroatoms. The first-order chi connectivity index (χ1) is 7.63. The molecular formula is C12H11BrO3. The lowest BCUT2D eigenvalue weighted by Crippen LogP contribution is -2.01. The van der Waals surface area contributed by atoms with Crippen molar-refractivity contribution in [2.24, 2.45) is 0 Å². The largest absolute Gasteiger partial charge is 0.507 e. The van der Waals surface area contributed by atoms with Crippen molar-refractivity contribution in [1.82, 2.24) is 0 Å². The molecule has 0 atom stereocenters. The fourth-order valence-electron chi connectivity index (χ4n) is 1.03. The second kappa shape index (κ2) is 6.19. The SMILES string of the molecule is CCOC(=O)CC#Cc1cc(Br)ccc1O. The van der Waals surface area contributed by atoms with Gasteiger partial charge in [-0.05, 0) is 25.1 Å². The predicted molar refractivity (Wildman–Crippen MR) is 63.9 cm³/mol. The van der Waals surface area contributed by atoms with E-state index in [1.54, 1.807) is 25.1 Å². The molecule has 1 aromatic rings. The van der Waals surface area contributed by atoms with E-state index in [9.17, 15) is 9.90 Å². The van der Waals surface area contributed by atoms with Crippen LogP contribution in [0.5, 0.6) is 5.75 Å². The van der Waals surface area contributed by atoms with Gasteiger partial charge in [0.05, 0.1) is 12.2 Å². The first-order valence-electron chi connectivity index (χ1n) is 4.76. The van der Waals surface area contributed by atoms with E-state index in [1.165, 1.54) is 0 Å². The molecule has 1 rings (SSSR count). The lowest BCUT2D eigenvalue weighted by molar-refractivity contribution is -0.141. The molecule has 0 aromatic heterocycles. The normalized spacial score (nSPS) is 9.12. The van der Waals surface area contributed by atoms with Crippen molar-refractivity contribution in [2.75, 3.05) is 6.61 Å². The molecule has 0 amide bonds. The topological polar surface area (TPSA) is 46.5 Å². The van der Waals surface area contributed by atoms with Gasteiger partial charge in [0.25, 0.3) is 0 Å². The molecule has 1 N–H and O–H groups in total. The number of ether oxygens (including phenoxy) is 1. The number of esters is 1. The number of rotatable bonds is 2. The summed E-state index contributed by atoms with van der Waals surface area (Å²) in [6, 6.07) is 4.94. The van der Waals surface area contributed by atoms with Crippen LogP contribution in [0.4, 0.5) is 0 Å². The zero-order valence-corrected chi connectivity index (χ0v) is 10.4. The molecule has 3 nitrogen and oxygen atoms in total. The van der Waals surface area contributed by atoms with Gasteiger partial charge in [-0.2, -0.15) is 0 Å². The molecule has 0 spiro atoms. The standard InChI is InChI=1S/C12H11BrO3/c1-2-16-12(15)5-3-4-9-8-10(13)6-7-11(9)14/h6-8,14H,2,5H2,1H3. The van der Waals surface area contributed by atoms with Crippen LogP contribution in [-0.2, 0) is 9.53 Å². The fraction of sp³-hybridized carbons (Fsp3) is 0.250. The van der Waals surface area contributed by atoms with Gasteiger partial charge in [0, 0.05) is 4.47 Å². The number of phenols is 1. The van der Waals surface area contributed by atoms with Crippen molar-refractivity contribution in [3.05, 3.63) is 28.2 Å². The third-order valence-electron chi connectivity index (χ3n) is 1.72. The predicted octanol–water partition coefficient (Wildman–Crippen LogP) is 2.46. The highest BCUT2D eigenvalue weighted by atomic mass is 79.9. The number of hydrogen-bond acceptors (Lipinski definition) is 3. The number of carbonyl (C=O) groups excluding carboxylic acids is 1. The van der Waals surface area contributed by atoms with Gasteiger partial charge < -0.3 is 9.84 Å². The van der Waals surface area contributed by atoms with Crippen LogP contribution >= 0.6 is 15.9 Å². The highest BCUT2D eigenvalue weighted by Gasteiger charge is 1.99. The molecule has 0 fully saturated rings. The third kappa shape index (κ3) is 3.95. The Kier molecular flexibility index (Phi) is 4.87. The van der Waals surface area contributed by atoms with E-state index in [0.29, 0.717) is 12.2 Å². The van der Waals surface area contributed by atoms with Crippen LogP contribution in [0.1, 0.15) is 18.9 Å². The van der Waals surface area contributed by atoms with Crippen LogP contribution in [0, 0.1) is 11.8 Å². The molecule has 0 unspecified atom stereocenters. The molecule has 0 saturated heterocycles. The first kappa shape index (κ1) is 12.6. The van der Waals surface area contributed by atoms with Gasteiger partial charge in [0.2, 0.25) is 0 Å². The Morgan fingerprint density at radius 3 is 3.00 bits per heavy atom. The summed E-state index contributed by atoms with van der Waals surface area (Å²) in [5.74, 6) is 5.10. The highest BCUT2D eigenvalue weighted by molar-refractivity contribution is 9.10. The van der Waals surface area contributed by atoms with Crippen LogP contribution in [0.3, 0.4) is 0 Å². The van der Waals surface area contributed by atoms with Crippen molar-refractivity contribution < 1.29 is 14.6 Å². The summed E-state index contributed by atoms with van der Waals surface area (Å²) >= 11 is 3.27. The van der Waals surface area contributed by atoms with Crippen molar-refractivity contribution in [3.63, 3.8) is 0 Å². The van der Waals surface area contributed by atoms with E-state index in [4.69, 9.17) is 4.74 Å². The third-order valence-corrected chi connectivity index (χ3v) is 2.21. The van der Waals surface area contributed by atoms with E-state index in [2.05, 4.69) is 27.8 Å². The number of phenolic OH excluding ortho intramolecular Hbond substituents is 1. The Morgan fingerprint density at radius 1 is 1.56 bits per heavy atom. The maximum absolute atomic E-state index is 11.0. The van der Waals surface area contributed by atoms with Crippen molar-refractivity contribution in [3.8, 4) is 17.6 Å². The summed E-state index contributed by atoms with van der Waals surface area (Å²) < 4.78 is 5.55. The number of halogens is 1. The van der Waals surface area contributed by atoms with E-state index < -0.39 is 0 Å². The minimum Gasteiger partial charge on any atom is -0.507 e. The van der Waals surface area contributed by atoms with Gasteiger partial charge in [-0.3, -0.25) is 4.79 Å². The summed E-state index contributed by atoms with van der Waals surface area (Å²) in [6.45, 7) is 2.09. The maximum atomic E-state index is 11.0. The van der Waals surface area contributed by atoms with Crippen molar-refractivity contribution >= 4 is 21.9 Å². The van der Waals surface area contributed by atoms with E-state index in [-0.39, 0.29) is 18.1 Å². The van der Waals surface area contributed by atoms with Gasteiger partial charge in [0.1, 0.15) is 12.2 Å². The zero-order valence-electron chi connectivity index (χ0n) is 8.79. The molecule has 0 aliphatic rings. The number of hydrogen-bond donors (Lipinski definition) is 1. The Labute approximate surface area is 103 Å². The Bertz CT molecular complexity index is 443. The molecule has 0 heterocycles. The molecule has 84 valence electrons. The Hall–Kier alpha value is -1.47. The number of aromatic hydroxyl groups is 1. The molecule has 0 aliphatic heterocycles. The average Bonchev–Trinajstić information content (AvgIpc) is 2.23. The molecule has 16 heavy (non-hydrogen) atoms. The second-order valence-electron chi connectivity index (χ2n) is 2.95. The summed E-state index contributed by atoms with van der Waals surface area (Å²) in [4.78, 5) is 11.0. The minimum absolute atomic E-state index is 0.0276. The minimum atomic E-state index is -0.357. The van der Waals surface area contributed by atoms with Crippen LogP contribution in [0.25, 0.3) is 0 Å².